The zero-order valence-corrected chi connectivity index (χ0v) is 19.7. The third-order valence-corrected chi connectivity index (χ3v) is 7.11. The summed E-state index contributed by atoms with van der Waals surface area (Å²) in [7, 11) is 0. The standard InChI is InChI=1S/C23H16F6N2O2S2/c1-10-3-12(6-14-20(10)30-18(34-14)8-16(32)22(24,25)26)5-13-4-11(2)21-15(7-13)35-19(31-21)9-17(33)23(27,28)29/h3-4,6-9,30-31H,5H2,1-2H3. The molecule has 0 amide bonds. The SMILES string of the molecule is Cc1cc(Cc2cc(C)c3c(c2)SC(=CC(=O)C(F)(F)F)N3)cc2c1NC(=CC(=O)C(F)(F)F)S2. The first-order chi connectivity index (χ1) is 16.2. The van der Waals surface area contributed by atoms with Crippen LogP contribution in [0.2, 0.25) is 0 Å². The quantitative estimate of drug-likeness (QED) is 0.332. The molecule has 0 radical (unpaired) electrons. The minimum Gasteiger partial charge on any atom is -0.349 e. The summed E-state index contributed by atoms with van der Waals surface area (Å²) in [6, 6.07) is 7.39. The van der Waals surface area contributed by atoms with E-state index in [9.17, 15) is 35.9 Å². The molecule has 0 aromatic heterocycles. The summed E-state index contributed by atoms with van der Waals surface area (Å²) in [5, 5.41) is 5.88. The van der Waals surface area contributed by atoms with Gasteiger partial charge >= 0.3 is 12.4 Å². The number of aryl methyl sites for hydroxylation is 2. The molecule has 2 aromatic rings. The van der Waals surface area contributed by atoms with E-state index in [2.05, 4.69) is 10.6 Å². The van der Waals surface area contributed by atoms with Crippen molar-refractivity contribution in [3.8, 4) is 0 Å². The first kappa shape index (κ1) is 25.2. The molecule has 0 bridgehead atoms. The molecule has 0 unspecified atom stereocenters. The van der Waals surface area contributed by atoms with Crippen LogP contribution in [0.5, 0.6) is 0 Å². The highest BCUT2D eigenvalue weighted by molar-refractivity contribution is 8.04. The van der Waals surface area contributed by atoms with Crippen LogP contribution in [0.15, 0.2) is 56.3 Å². The molecule has 2 heterocycles. The maximum Gasteiger partial charge on any atom is 0.454 e. The highest BCUT2D eigenvalue weighted by Crippen LogP contribution is 2.46. The van der Waals surface area contributed by atoms with E-state index in [0.717, 1.165) is 45.8 Å². The van der Waals surface area contributed by atoms with Gasteiger partial charge in [-0.15, -0.1) is 0 Å². The van der Waals surface area contributed by atoms with Crippen LogP contribution in [-0.4, -0.2) is 23.9 Å². The van der Waals surface area contributed by atoms with E-state index in [1.54, 1.807) is 13.8 Å². The van der Waals surface area contributed by atoms with Crippen LogP contribution < -0.4 is 10.6 Å². The number of benzene rings is 2. The molecule has 4 nitrogen and oxygen atoms in total. The zero-order valence-electron chi connectivity index (χ0n) is 18.1. The summed E-state index contributed by atoms with van der Waals surface area (Å²) >= 11 is 2.07. The Hall–Kier alpha value is -2.86. The Morgan fingerprint density at radius 1 is 0.743 bits per heavy atom. The van der Waals surface area contributed by atoms with Gasteiger partial charge in [-0.25, -0.2) is 0 Å². The Kier molecular flexibility index (Phi) is 6.47. The van der Waals surface area contributed by atoms with E-state index in [-0.39, 0.29) is 10.1 Å². The van der Waals surface area contributed by atoms with Crippen LogP contribution in [-0.2, 0) is 16.0 Å². The predicted octanol–water partition coefficient (Wildman–Crippen LogP) is 6.88. The molecule has 0 spiro atoms. The molecular weight excluding hydrogens is 514 g/mol. The minimum atomic E-state index is -4.95. The maximum absolute atomic E-state index is 12.6. The average Bonchev–Trinajstić information content (AvgIpc) is 3.30. The minimum absolute atomic E-state index is 0.0890. The van der Waals surface area contributed by atoms with Crippen molar-refractivity contribution in [3.63, 3.8) is 0 Å². The first-order valence-electron chi connectivity index (χ1n) is 10.0. The van der Waals surface area contributed by atoms with Crippen LogP contribution in [0.25, 0.3) is 0 Å². The smallest absolute Gasteiger partial charge is 0.349 e. The summed E-state index contributed by atoms with van der Waals surface area (Å²) < 4.78 is 75.5. The fraction of sp³-hybridized carbons (Fsp3) is 0.217. The zero-order chi connectivity index (χ0) is 25.7. The molecule has 2 aromatic carbocycles. The second-order valence-corrected chi connectivity index (χ2v) is 10.1. The molecule has 2 N–H and O–H groups in total. The Morgan fingerprint density at radius 2 is 1.11 bits per heavy atom. The largest absolute Gasteiger partial charge is 0.454 e. The normalized spacial score (nSPS) is 17.3. The van der Waals surface area contributed by atoms with Gasteiger partial charge in [-0.1, -0.05) is 35.7 Å². The summed E-state index contributed by atoms with van der Waals surface area (Å²) in [4.78, 5) is 23.9. The van der Waals surface area contributed by atoms with Crippen LogP contribution in [0, 0.1) is 13.8 Å². The summed E-state index contributed by atoms with van der Waals surface area (Å²) in [5.41, 5.74) is 4.59. The second kappa shape index (κ2) is 8.98. The molecule has 0 aliphatic carbocycles. The van der Waals surface area contributed by atoms with Gasteiger partial charge in [0.1, 0.15) is 0 Å². The van der Waals surface area contributed by atoms with Crippen molar-refractivity contribution in [3.05, 3.63) is 68.7 Å². The van der Waals surface area contributed by atoms with Crippen LogP contribution in [0.4, 0.5) is 37.7 Å². The lowest BCUT2D eigenvalue weighted by molar-refractivity contribution is -0.165. The van der Waals surface area contributed by atoms with Crippen molar-refractivity contribution in [2.75, 3.05) is 10.6 Å². The number of alkyl halides is 6. The number of anilines is 2. The van der Waals surface area contributed by atoms with Crippen molar-refractivity contribution < 1.29 is 35.9 Å². The molecule has 0 saturated carbocycles. The number of carbonyl (C=O) groups is 2. The van der Waals surface area contributed by atoms with Gasteiger partial charge in [0.05, 0.1) is 21.4 Å². The van der Waals surface area contributed by atoms with Gasteiger partial charge in [0, 0.05) is 21.9 Å². The third kappa shape index (κ3) is 5.53. The van der Waals surface area contributed by atoms with Gasteiger partial charge in [-0.2, -0.15) is 26.3 Å². The number of hydrogen-bond donors (Lipinski definition) is 2. The maximum atomic E-state index is 12.6. The first-order valence-corrected chi connectivity index (χ1v) is 11.7. The fourth-order valence-corrected chi connectivity index (χ4v) is 5.80. The van der Waals surface area contributed by atoms with Crippen molar-refractivity contribution in [1.82, 2.24) is 0 Å². The molecule has 184 valence electrons. The lowest BCUT2D eigenvalue weighted by Crippen LogP contribution is -2.20. The molecule has 35 heavy (non-hydrogen) atoms. The van der Waals surface area contributed by atoms with Crippen molar-refractivity contribution in [2.45, 2.75) is 42.4 Å². The fourth-order valence-electron chi connectivity index (χ4n) is 3.64. The highest BCUT2D eigenvalue weighted by atomic mass is 32.2. The number of halogens is 6. The molecule has 2 aliphatic rings. The van der Waals surface area contributed by atoms with Gasteiger partial charge in [-0.3, -0.25) is 9.59 Å². The van der Waals surface area contributed by atoms with Crippen LogP contribution in [0.1, 0.15) is 22.3 Å². The number of thioether (sulfide) groups is 2. The van der Waals surface area contributed by atoms with Crippen molar-refractivity contribution in [1.29, 1.82) is 0 Å². The Balaban J connectivity index is 1.54. The number of nitrogens with one attached hydrogen (secondary N) is 2. The number of hydrogen-bond acceptors (Lipinski definition) is 6. The Bertz CT molecular complexity index is 1210. The van der Waals surface area contributed by atoms with E-state index in [1.165, 1.54) is 0 Å². The van der Waals surface area contributed by atoms with Crippen LogP contribution >= 0.6 is 23.5 Å². The predicted molar refractivity (Wildman–Crippen MR) is 122 cm³/mol. The van der Waals surface area contributed by atoms with E-state index < -0.39 is 23.9 Å². The highest BCUT2D eigenvalue weighted by Gasteiger charge is 2.38. The molecule has 12 heteroatoms. The molecule has 0 saturated heterocycles. The van der Waals surface area contributed by atoms with Gasteiger partial charge in [0.15, 0.2) is 0 Å². The van der Waals surface area contributed by atoms with Gasteiger partial charge in [-0.05, 0) is 54.7 Å². The Labute approximate surface area is 204 Å². The molecule has 0 atom stereocenters. The topological polar surface area (TPSA) is 58.2 Å². The molecule has 2 aliphatic heterocycles. The number of fused-ring (bicyclic) bond motifs is 2. The van der Waals surface area contributed by atoms with E-state index in [4.69, 9.17) is 0 Å². The second-order valence-electron chi connectivity index (χ2n) is 7.94. The average molecular weight is 531 g/mol. The molecule has 4 rings (SSSR count). The number of rotatable bonds is 4. The van der Waals surface area contributed by atoms with Gasteiger partial charge in [0.25, 0.3) is 11.6 Å². The number of carbonyl (C=O) groups excluding carboxylic acids is 2. The monoisotopic (exact) mass is 530 g/mol. The number of allylic oxidation sites excluding steroid dienone is 2. The summed E-state index contributed by atoms with van der Waals surface area (Å²) in [5.74, 6) is -3.88. The van der Waals surface area contributed by atoms with Gasteiger partial charge < -0.3 is 10.6 Å². The van der Waals surface area contributed by atoms with E-state index in [0.29, 0.717) is 39.7 Å². The number of ketones is 2. The summed E-state index contributed by atoms with van der Waals surface area (Å²) in [6.07, 6.45) is -8.36. The van der Waals surface area contributed by atoms with E-state index in [1.807, 2.05) is 24.3 Å². The molecule has 0 fully saturated rings. The summed E-state index contributed by atoms with van der Waals surface area (Å²) in [6.45, 7) is 3.60. The van der Waals surface area contributed by atoms with Gasteiger partial charge in [0.2, 0.25) is 0 Å². The Morgan fingerprint density at radius 3 is 1.46 bits per heavy atom. The van der Waals surface area contributed by atoms with Crippen molar-refractivity contribution in [2.24, 2.45) is 0 Å². The lowest BCUT2D eigenvalue weighted by Gasteiger charge is -2.10. The lowest BCUT2D eigenvalue weighted by atomic mass is 10.00. The van der Waals surface area contributed by atoms with E-state index >= 15 is 0 Å². The van der Waals surface area contributed by atoms with Crippen molar-refractivity contribution >= 4 is 46.5 Å². The van der Waals surface area contributed by atoms with Crippen LogP contribution in [0.3, 0.4) is 0 Å². The third-order valence-electron chi connectivity index (χ3n) is 5.15. The molecular formula is C23H16F6N2O2S2.